The average molecular weight is 321 g/mol. The van der Waals surface area contributed by atoms with Crippen LogP contribution in [0.25, 0.3) is 0 Å². The molecule has 1 aliphatic rings. The first kappa shape index (κ1) is 15.5. The van der Waals surface area contributed by atoms with E-state index < -0.39 is 12.0 Å². The third kappa shape index (κ3) is 3.60. The molecule has 0 aromatic heterocycles. The molecule has 0 amide bonds. The van der Waals surface area contributed by atoms with Gasteiger partial charge in [-0.1, -0.05) is 41.4 Å². The predicted molar refractivity (Wildman–Crippen MR) is 86.4 cm³/mol. The Bertz CT molecular complexity index is 659. The van der Waals surface area contributed by atoms with Crippen LogP contribution in [0.4, 0.5) is 0 Å². The van der Waals surface area contributed by atoms with Crippen LogP contribution in [0.3, 0.4) is 0 Å². The number of hydrogen-bond acceptors (Lipinski definition) is 4. The van der Waals surface area contributed by atoms with Crippen molar-refractivity contribution in [2.45, 2.75) is 13.0 Å². The molecule has 1 aliphatic heterocycles. The lowest BCUT2D eigenvalue weighted by Crippen LogP contribution is -2.29. The van der Waals surface area contributed by atoms with Gasteiger partial charge in [-0.25, -0.2) is 9.79 Å². The third-order valence-electron chi connectivity index (χ3n) is 2.93. The smallest absolute Gasteiger partial charge is 0.335 e. The Labute approximate surface area is 132 Å². The molecule has 0 bridgehead atoms. The lowest BCUT2D eigenvalue weighted by Gasteiger charge is -2.24. The molecule has 0 fully saturated rings. The number of carboxylic acids is 1. The molecule has 0 spiro atoms. The maximum Gasteiger partial charge on any atom is 0.335 e. The molecule has 0 radical (unpaired) electrons. The fourth-order valence-electron chi connectivity index (χ4n) is 1.99. The van der Waals surface area contributed by atoms with Gasteiger partial charge in [0.05, 0.1) is 11.3 Å². The molecule has 4 nitrogen and oxygen atoms in total. The molecule has 1 aromatic rings. The van der Waals surface area contributed by atoms with Crippen molar-refractivity contribution in [1.82, 2.24) is 5.32 Å². The van der Waals surface area contributed by atoms with E-state index >= 15 is 0 Å². The minimum atomic E-state index is -0.996. The Balaban J connectivity index is 2.41. The Hall–Kier alpha value is -1.90. The summed E-state index contributed by atoms with van der Waals surface area (Å²) in [6.45, 7) is 1.72. The van der Waals surface area contributed by atoms with Crippen LogP contribution in [0.1, 0.15) is 18.5 Å². The average Bonchev–Trinajstić information content (AvgIpc) is 2.44. The van der Waals surface area contributed by atoms with Crippen LogP contribution in [-0.2, 0) is 4.79 Å². The molecule has 1 atom stereocenters. The second kappa shape index (κ2) is 6.70. The molecular weight excluding hydrogens is 308 g/mol. The first-order valence-electron chi connectivity index (χ1n) is 6.13. The molecule has 0 aliphatic carbocycles. The molecule has 21 heavy (non-hydrogen) atoms. The molecule has 0 saturated heterocycles. The molecule has 108 valence electrons. The number of rotatable bonds is 3. The monoisotopic (exact) mass is 320 g/mol. The van der Waals surface area contributed by atoms with E-state index in [0.29, 0.717) is 21.6 Å². The van der Waals surface area contributed by atoms with E-state index in [1.807, 2.05) is 0 Å². The van der Waals surface area contributed by atoms with Gasteiger partial charge >= 0.3 is 5.97 Å². The second-order valence-corrected chi connectivity index (χ2v) is 5.75. The quantitative estimate of drug-likeness (QED) is 0.840. The van der Waals surface area contributed by atoms with E-state index in [2.05, 4.69) is 16.2 Å². The normalized spacial score (nSPS) is 17.8. The maximum atomic E-state index is 11.5. The van der Waals surface area contributed by atoms with Crippen LogP contribution in [0.15, 0.2) is 40.5 Å². The summed E-state index contributed by atoms with van der Waals surface area (Å²) >= 11 is 7.24. The van der Waals surface area contributed by atoms with E-state index in [4.69, 9.17) is 18.0 Å². The third-order valence-corrected chi connectivity index (χ3v) is 3.97. The van der Waals surface area contributed by atoms with Gasteiger partial charge in [-0.3, -0.25) is 0 Å². The van der Waals surface area contributed by atoms with Gasteiger partial charge in [0.1, 0.15) is 6.04 Å². The minimum absolute atomic E-state index is 0.224. The molecule has 6 heteroatoms. The molecular formula is C15H13ClN2O2S. The van der Waals surface area contributed by atoms with Crippen molar-refractivity contribution in [3.8, 4) is 12.3 Å². The van der Waals surface area contributed by atoms with Crippen molar-refractivity contribution < 1.29 is 9.90 Å². The van der Waals surface area contributed by atoms with Gasteiger partial charge < -0.3 is 10.4 Å². The number of carboxylic acid groups (broad SMARTS) is 1. The fraction of sp³-hybridized carbons (Fsp3) is 0.200. The summed E-state index contributed by atoms with van der Waals surface area (Å²) in [4.78, 5) is 16.0. The Morgan fingerprint density at radius 3 is 2.76 bits per heavy atom. The number of nitrogens with one attached hydrogen (secondary N) is 1. The summed E-state index contributed by atoms with van der Waals surface area (Å²) in [7, 11) is 0. The van der Waals surface area contributed by atoms with E-state index in [0.717, 1.165) is 5.56 Å². The van der Waals surface area contributed by atoms with Gasteiger partial charge in [0, 0.05) is 10.7 Å². The van der Waals surface area contributed by atoms with Crippen LogP contribution in [0, 0.1) is 12.3 Å². The molecule has 2 rings (SSSR count). The van der Waals surface area contributed by atoms with Gasteiger partial charge in [-0.05, 0) is 24.6 Å². The number of carbonyl (C=O) groups is 1. The molecule has 1 heterocycles. The van der Waals surface area contributed by atoms with E-state index in [-0.39, 0.29) is 5.57 Å². The number of thioether (sulfide) groups is 1. The van der Waals surface area contributed by atoms with Crippen molar-refractivity contribution in [2.24, 2.45) is 4.99 Å². The van der Waals surface area contributed by atoms with Crippen LogP contribution >= 0.6 is 23.4 Å². The first-order chi connectivity index (χ1) is 10.0. The highest BCUT2D eigenvalue weighted by molar-refractivity contribution is 8.14. The standard InChI is InChI=1S/C15H13ClN2O2S/c1-3-8-21-15-17-9(2)12(14(19)20)13(18-15)10-4-6-11(16)7-5-10/h1,4-7,13H,8H2,2H3,(H,17,18)(H,19,20). The zero-order valence-corrected chi connectivity index (χ0v) is 12.8. The fourth-order valence-corrected chi connectivity index (χ4v) is 2.75. The maximum absolute atomic E-state index is 11.5. The summed E-state index contributed by atoms with van der Waals surface area (Å²) in [6.07, 6.45) is 5.24. The first-order valence-corrected chi connectivity index (χ1v) is 7.50. The Kier molecular flexibility index (Phi) is 4.94. The molecule has 2 N–H and O–H groups in total. The van der Waals surface area contributed by atoms with E-state index in [9.17, 15) is 9.90 Å². The van der Waals surface area contributed by atoms with Gasteiger partial charge in [0.25, 0.3) is 0 Å². The molecule has 0 saturated carbocycles. The van der Waals surface area contributed by atoms with Crippen LogP contribution in [0.2, 0.25) is 5.02 Å². The lowest BCUT2D eigenvalue weighted by molar-refractivity contribution is -0.133. The number of benzene rings is 1. The second-order valence-electron chi connectivity index (χ2n) is 4.35. The predicted octanol–water partition coefficient (Wildman–Crippen LogP) is 3.07. The highest BCUT2D eigenvalue weighted by Gasteiger charge is 2.28. The molecule has 1 unspecified atom stereocenters. The van der Waals surface area contributed by atoms with Gasteiger partial charge in [0.2, 0.25) is 0 Å². The summed E-state index contributed by atoms with van der Waals surface area (Å²) in [5, 5.41) is 13.6. The largest absolute Gasteiger partial charge is 0.478 e. The highest BCUT2D eigenvalue weighted by Crippen LogP contribution is 2.32. The SMILES string of the molecule is C#CCSC1=NC(c2ccc(Cl)cc2)C(C(=O)O)=C(C)N1. The minimum Gasteiger partial charge on any atom is -0.478 e. The van der Waals surface area contributed by atoms with Crippen molar-refractivity contribution in [1.29, 1.82) is 0 Å². The van der Waals surface area contributed by atoms with Gasteiger partial charge in [0.15, 0.2) is 5.17 Å². The van der Waals surface area contributed by atoms with Crippen molar-refractivity contribution in [3.63, 3.8) is 0 Å². The van der Waals surface area contributed by atoms with Crippen molar-refractivity contribution in [2.75, 3.05) is 5.75 Å². The summed E-state index contributed by atoms with van der Waals surface area (Å²) in [5.74, 6) is 1.99. The zero-order valence-electron chi connectivity index (χ0n) is 11.3. The van der Waals surface area contributed by atoms with Gasteiger partial charge in [-0.2, -0.15) is 0 Å². The van der Waals surface area contributed by atoms with E-state index in [1.54, 1.807) is 31.2 Å². The Morgan fingerprint density at radius 2 is 2.19 bits per heavy atom. The van der Waals surface area contributed by atoms with E-state index in [1.165, 1.54) is 11.8 Å². The van der Waals surface area contributed by atoms with Crippen molar-refractivity contribution in [3.05, 3.63) is 46.1 Å². The number of hydrogen-bond donors (Lipinski definition) is 2. The summed E-state index contributed by atoms with van der Waals surface area (Å²) in [6, 6.07) is 6.43. The summed E-state index contributed by atoms with van der Waals surface area (Å²) in [5.41, 5.74) is 1.57. The Morgan fingerprint density at radius 1 is 1.52 bits per heavy atom. The number of nitrogens with zero attached hydrogens (tertiary/aromatic N) is 1. The van der Waals surface area contributed by atoms with Crippen LogP contribution < -0.4 is 5.32 Å². The zero-order chi connectivity index (χ0) is 15.4. The topological polar surface area (TPSA) is 61.7 Å². The number of aliphatic carboxylic acids is 1. The lowest BCUT2D eigenvalue weighted by atomic mass is 9.97. The number of halogens is 1. The van der Waals surface area contributed by atoms with Gasteiger partial charge in [-0.15, -0.1) is 6.42 Å². The van der Waals surface area contributed by atoms with Crippen LogP contribution in [0.5, 0.6) is 0 Å². The number of terminal acetylenes is 1. The molecule has 1 aromatic carbocycles. The van der Waals surface area contributed by atoms with Crippen molar-refractivity contribution >= 4 is 34.5 Å². The highest BCUT2D eigenvalue weighted by atomic mass is 35.5. The summed E-state index contributed by atoms with van der Waals surface area (Å²) < 4.78 is 0. The number of amidine groups is 1. The van der Waals surface area contributed by atoms with Crippen LogP contribution in [-0.4, -0.2) is 22.0 Å². The number of allylic oxidation sites excluding steroid dienone is 1. The number of aliphatic imine (C=N–C) groups is 1.